The van der Waals surface area contributed by atoms with E-state index in [1.807, 2.05) is 12.1 Å². The maximum Gasteiger partial charge on any atom is 0.487 e. The van der Waals surface area contributed by atoms with Crippen LogP contribution < -0.4 is 0 Å². The van der Waals surface area contributed by atoms with Crippen LogP contribution in [0, 0.1) is 0 Å². The molecule has 104 valence electrons. The van der Waals surface area contributed by atoms with Gasteiger partial charge in [-0.2, -0.15) is 0 Å². The Labute approximate surface area is 116 Å². The van der Waals surface area contributed by atoms with Crippen molar-refractivity contribution in [2.24, 2.45) is 0 Å². The first-order valence-corrected chi connectivity index (χ1v) is 6.88. The van der Waals surface area contributed by atoms with Crippen molar-refractivity contribution in [2.75, 3.05) is 6.61 Å². The van der Waals surface area contributed by atoms with Crippen molar-refractivity contribution in [1.29, 1.82) is 0 Å². The Hall–Kier alpha value is -0.995. The fraction of sp³-hybridized carbons (Fsp3) is 0.600. The summed E-state index contributed by atoms with van der Waals surface area (Å²) in [6, 6.07) is 0. The second kappa shape index (κ2) is 5.18. The van der Waals surface area contributed by atoms with Gasteiger partial charge in [-0.1, -0.05) is 18.6 Å². The van der Waals surface area contributed by atoms with Gasteiger partial charge in [-0.25, -0.2) is 0 Å². The predicted molar refractivity (Wildman–Crippen MR) is 77.6 cm³/mol. The van der Waals surface area contributed by atoms with E-state index in [1.165, 1.54) is 0 Å². The van der Waals surface area contributed by atoms with Crippen LogP contribution in [-0.4, -0.2) is 24.9 Å². The van der Waals surface area contributed by atoms with Gasteiger partial charge < -0.3 is 14.0 Å². The zero-order chi connectivity index (χ0) is 14.1. The Kier molecular flexibility index (Phi) is 3.93. The first-order valence-electron chi connectivity index (χ1n) is 6.88. The molecule has 3 nitrogen and oxygen atoms in total. The van der Waals surface area contributed by atoms with E-state index in [0.717, 1.165) is 30.8 Å². The number of hydrogen-bond acceptors (Lipinski definition) is 3. The van der Waals surface area contributed by atoms with Crippen molar-refractivity contribution in [3.63, 3.8) is 0 Å². The molecule has 1 saturated heterocycles. The molecule has 0 aromatic carbocycles. The summed E-state index contributed by atoms with van der Waals surface area (Å²) in [7, 11) is -0.300. The van der Waals surface area contributed by atoms with E-state index >= 15 is 0 Å². The highest BCUT2D eigenvalue weighted by Crippen LogP contribution is 2.37. The van der Waals surface area contributed by atoms with Gasteiger partial charge in [-0.15, -0.1) is 0 Å². The lowest BCUT2D eigenvalue weighted by atomic mass is 9.88. The lowest BCUT2D eigenvalue weighted by Gasteiger charge is -2.32. The van der Waals surface area contributed by atoms with E-state index in [-0.39, 0.29) is 18.3 Å². The molecular formula is C15H23BO3. The van der Waals surface area contributed by atoms with E-state index in [9.17, 15) is 0 Å². The molecule has 2 aliphatic heterocycles. The zero-order valence-electron chi connectivity index (χ0n) is 12.4. The lowest BCUT2D eigenvalue weighted by Crippen LogP contribution is -2.41. The fourth-order valence-electron chi connectivity index (χ4n) is 2.18. The van der Waals surface area contributed by atoms with E-state index < -0.39 is 0 Å². The highest BCUT2D eigenvalue weighted by molar-refractivity contribution is 6.51. The van der Waals surface area contributed by atoms with Crippen LogP contribution in [0.15, 0.2) is 36.0 Å². The van der Waals surface area contributed by atoms with Gasteiger partial charge in [-0.3, -0.25) is 0 Å². The first kappa shape index (κ1) is 14.4. The molecule has 19 heavy (non-hydrogen) atoms. The van der Waals surface area contributed by atoms with E-state index in [1.54, 1.807) is 6.08 Å². The van der Waals surface area contributed by atoms with Crippen molar-refractivity contribution < 1.29 is 14.0 Å². The SMILES string of the molecule is C=CC1=C(/C=C/B2OC(C)(C)C(C)(C)O2)CCCO1. The molecule has 0 amide bonds. The molecule has 2 rings (SSSR count). The highest BCUT2D eigenvalue weighted by Gasteiger charge is 2.50. The van der Waals surface area contributed by atoms with Crippen molar-refractivity contribution in [1.82, 2.24) is 0 Å². The third kappa shape index (κ3) is 2.95. The Morgan fingerprint density at radius 1 is 1.16 bits per heavy atom. The van der Waals surface area contributed by atoms with Crippen molar-refractivity contribution in [3.05, 3.63) is 36.0 Å². The molecule has 2 heterocycles. The summed E-state index contributed by atoms with van der Waals surface area (Å²) in [5, 5.41) is 0. The summed E-state index contributed by atoms with van der Waals surface area (Å²) in [4.78, 5) is 0. The van der Waals surface area contributed by atoms with Gasteiger partial charge in [0.2, 0.25) is 0 Å². The Morgan fingerprint density at radius 2 is 1.79 bits per heavy atom. The molecule has 0 aromatic heterocycles. The van der Waals surface area contributed by atoms with Crippen LogP contribution in [0.25, 0.3) is 0 Å². The minimum atomic E-state index is -0.300. The van der Waals surface area contributed by atoms with Crippen molar-refractivity contribution in [3.8, 4) is 0 Å². The summed E-state index contributed by atoms with van der Waals surface area (Å²) in [6.07, 6.45) is 5.86. The van der Waals surface area contributed by atoms with E-state index in [0.29, 0.717) is 0 Å². The summed E-state index contributed by atoms with van der Waals surface area (Å²) >= 11 is 0. The molecule has 0 radical (unpaired) electrons. The smallest absolute Gasteiger partial charge is 0.487 e. The van der Waals surface area contributed by atoms with Crippen LogP contribution in [-0.2, 0) is 14.0 Å². The molecule has 0 unspecified atom stereocenters. The van der Waals surface area contributed by atoms with Gasteiger partial charge in [0.25, 0.3) is 0 Å². The topological polar surface area (TPSA) is 27.7 Å². The molecule has 0 saturated carbocycles. The second-order valence-corrected chi connectivity index (χ2v) is 6.03. The standard InChI is InChI=1S/C15H23BO3/c1-6-13-12(8-7-11-17-13)9-10-16-18-14(2,3)15(4,5)19-16/h6,9-10H,1,7-8,11H2,2-5H3/b10-9+. The van der Waals surface area contributed by atoms with Gasteiger partial charge in [0.15, 0.2) is 0 Å². The van der Waals surface area contributed by atoms with Crippen LogP contribution in [0.1, 0.15) is 40.5 Å². The van der Waals surface area contributed by atoms with E-state index in [4.69, 9.17) is 14.0 Å². The molecule has 4 heteroatoms. The zero-order valence-corrected chi connectivity index (χ0v) is 12.4. The average Bonchev–Trinajstić information content (AvgIpc) is 2.55. The van der Waals surface area contributed by atoms with Crippen LogP contribution >= 0.6 is 0 Å². The summed E-state index contributed by atoms with van der Waals surface area (Å²) < 4.78 is 17.4. The number of ether oxygens (including phenoxy) is 1. The monoisotopic (exact) mass is 262 g/mol. The van der Waals surface area contributed by atoms with Gasteiger partial charge in [-0.05, 0) is 52.2 Å². The van der Waals surface area contributed by atoms with Crippen molar-refractivity contribution in [2.45, 2.75) is 51.7 Å². The summed E-state index contributed by atoms with van der Waals surface area (Å²) in [5.74, 6) is 2.84. The maximum atomic E-state index is 5.93. The van der Waals surface area contributed by atoms with Crippen LogP contribution in [0.3, 0.4) is 0 Å². The fourth-order valence-corrected chi connectivity index (χ4v) is 2.18. The van der Waals surface area contributed by atoms with Crippen LogP contribution in [0.4, 0.5) is 0 Å². The van der Waals surface area contributed by atoms with Gasteiger partial charge in [0.05, 0.1) is 17.8 Å². The molecule has 0 aromatic rings. The van der Waals surface area contributed by atoms with E-state index in [2.05, 4.69) is 34.3 Å². The minimum Gasteiger partial charge on any atom is -0.493 e. The Balaban J connectivity index is 2.08. The Bertz CT molecular complexity index is 405. The van der Waals surface area contributed by atoms with Gasteiger partial charge in [0.1, 0.15) is 5.76 Å². The largest absolute Gasteiger partial charge is 0.493 e. The molecule has 0 N–H and O–H groups in total. The predicted octanol–water partition coefficient (Wildman–Crippen LogP) is 3.42. The maximum absolute atomic E-state index is 5.93. The number of allylic oxidation sites excluding steroid dienone is 3. The number of hydrogen-bond donors (Lipinski definition) is 0. The quantitative estimate of drug-likeness (QED) is 0.729. The second-order valence-electron chi connectivity index (χ2n) is 6.03. The highest BCUT2D eigenvalue weighted by atomic mass is 16.7. The van der Waals surface area contributed by atoms with Gasteiger partial charge >= 0.3 is 7.12 Å². The first-order chi connectivity index (χ1) is 8.86. The minimum absolute atomic E-state index is 0.291. The molecule has 0 bridgehead atoms. The van der Waals surface area contributed by atoms with Crippen LogP contribution in [0.5, 0.6) is 0 Å². The third-order valence-corrected chi connectivity index (χ3v) is 4.08. The molecule has 0 aliphatic carbocycles. The molecular weight excluding hydrogens is 239 g/mol. The van der Waals surface area contributed by atoms with Crippen LogP contribution in [0.2, 0.25) is 0 Å². The molecule has 0 atom stereocenters. The summed E-state index contributed by atoms with van der Waals surface area (Å²) in [5.41, 5.74) is 0.581. The Morgan fingerprint density at radius 3 is 2.37 bits per heavy atom. The summed E-state index contributed by atoms with van der Waals surface area (Å²) in [6.45, 7) is 12.8. The van der Waals surface area contributed by atoms with Crippen molar-refractivity contribution >= 4 is 7.12 Å². The normalized spacial score (nSPS) is 25.8. The van der Waals surface area contributed by atoms with Gasteiger partial charge in [0, 0.05) is 0 Å². The number of rotatable bonds is 3. The lowest BCUT2D eigenvalue weighted by molar-refractivity contribution is 0.00578. The molecule has 1 fully saturated rings. The third-order valence-electron chi connectivity index (χ3n) is 4.08. The molecule has 0 spiro atoms. The molecule has 2 aliphatic rings. The average molecular weight is 262 g/mol.